The summed E-state index contributed by atoms with van der Waals surface area (Å²) in [7, 11) is 3.17. The number of carbonyl (C=O) groups is 1. The van der Waals surface area contributed by atoms with Crippen LogP contribution in [0.3, 0.4) is 0 Å². The molecule has 5 aromatic rings. The molecule has 0 radical (unpaired) electrons. The second-order valence-corrected chi connectivity index (χ2v) is 12.4. The molecular formula is C36H31BrN2O6S. The van der Waals surface area contributed by atoms with E-state index in [9.17, 15) is 9.59 Å². The molecule has 0 bridgehead atoms. The smallest absolute Gasteiger partial charge is 0.338 e. The molecule has 0 N–H and O–H groups in total. The lowest BCUT2D eigenvalue weighted by Gasteiger charge is -2.24. The number of hydrogen-bond donors (Lipinski definition) is 0. The minimum atomic E-state index is -0.713. The molecule has 0 unspecified atom stereocenters. The Bertz CT molecular complexity index is 2160. The Morgan fingerprint density at radius 1 is 1.02 bits per heavy atom. The number of thiazole rings is 1. The molecule has 234 valence electrons. The van der Waals surface area contributed by atoms with Gasteiger partial charge in [-0.2, -0.15) is 0 Å². The van der Waals surface area contributed by atoms with Gasteiger partial charge in [0.15, 0.2) is 16.3 Å². The molecule has 0 fully saturated rings. The summed E-state index contributed by atoms with van der Waals surface area (Å²) in [5, 5.41) is 2.27. The molecule has 0 aliphatic carbocycles. The zero-order valence-corrected chi connectivity index (χ0v) is 28.1. The first-order chi connectivity index (χ1) is 22.3. The van der Waals surface area contributed by atoms with Crippen molar-refractivity contribution in [3.05, 3.63) is 131 Å². The first-order valence-electron chi connectivity index (χ1n) is 14.6. The number of nitrogens with zero attached hydrogens (tertiary/aromatic N) is 2. The van der Waals surface area contributed by atoms with E-state index in [1.54, 1.807) is 50.8 Å². The third-order valence-electron chi connectivity index (χ3n) is 7.75. The monoisotopic (exact) mass is 698 g/mol. The minimum Gasteiger partial charge on any atom is -0.497 e. The Kier molecular flexibility index (Phi) is 9.10. The molecule has 6 rings (SSSR count). The van der Waals surface area contributed by atoms with E-state index in [1.807, 2.05) is 48.5 Å². The van der Waals surface area contributed by atoms with E-state index in [0.717, 1.165) is 27.5 Å². The van der Waals surface area contributed by atoms with Gasteiger partial charge in [-0.25, -0.2) is 9.79 Å². The van der Waals surface area contributed by atoms with Crippen molar-refractivity contribution in [3.63, 3.8) is 0 Å². The molecule has 0 saturated carbocycles. The predicted molar refractivity (Wildman–Crippen MR) is 182 cm³/mol. The van der Waals surface area contributed by atoms with Gasteiger partial charge in [0, 0.05) is 0 Å². The predicted octanol–water partition coefficient (Wildman–Crippen LogP) is 6.31. The van der Waals surface area contributed by atoms with Crippen molar-refractivity contribution in [1.29, 1.82) is 0 Å². The van der Waals surface area contributed by atoms with Gasteiger partial charge in [0.25, 0.3) is 5.56 Å². The topological polar surface area (TPSA) is 88.4 Å². The lowest BCUT2D eigenvalue weighted by Crippen LogP contribution is -2.39. The SMILES string of the molecule is CCOC(=O)C1=C(C)N=c2sc(=Cc3cc(Br)c(OCc4cccc5ccccc45)c(OC)c3)c(=O)n2[C@H]1c1ccc(OC)cc1. The van der Waals surface area contributed by atoms with E-state index in [-0.39, 0.29) is 12.2 Å². The van der Waals surface area contributed by atoms with Crippen LogP contribution in [0.4, 0.5) is 0 Å². The number of carbonyl (C=O) groups excluding carboxylic acids is 1. The number of allylic oxidation sites excluding steroid dienone is 1. The number of fused-ring (bicyclic) bond motifs is 2. The van der Waals surface area contributed by atoms with Crippen LogP contribution in [0.25, 0.3) is 16.8 Å². The van der Waals surface area contributed by atoms with Gasteiger partial charge in [0.1, 0.15) is 12.4 Å². The van der Waals surface area contributed by atoms with Crippen LogP contribution < -0.4 is 29.1 Å². The second kappa shape index (κ2) is 13.4. The number of methoxy groups -OCH3 is 2. The molecule has 2 heterocycles. The van der Waals surface area contributed by atoms with Crippen molar-refractivity contribution in [2.24, 2.45) is 4.99 Å². The van der Waals surface area contributed by atoms with E-state index in [4.69, 9.17) is 18.9 Å². The highest BCUT2D eigenvalue weighted by molar-refractivity contribution is 9.10. The van der Waals surface area contributed by atoms with Crippen LogP contribution in [0.15, 0.2) is 104 Å². The molecular weight excluding hydrogens is 668 g/mol. The van der Waals surface area contributed by atoms with Gasteiger partial charge in [0.2, 0.25) is 0 Å². The zero-order valence-electron chi connectivity index (χ0n) is 25.7. The summed E-state index contributed by atoms with van der Waals surface area (Å²) in [6.45, 7) is 4.06. The van der Waals surface area contributed by atoms with Gasteiger partial charge in [0.05, 0.1) is 47.1 Å². The van der Waals surface area contributed by atoms with Crippen molar-refractivity contribution in [1.82, 2.24) is 4.57 Å². The van der Waals surface area contributed by atoms with Crippen LogP contribution in [-0.4, -0.2) is 31.4 Å². The van der Waals surface area contributed by atoms with Crippen molar-refractivity contribution in [2.45, 2.75) is 26.5 Å². The van der Waals surface area contributed by atoms with Gasteiger partial charge >= 0.3 is 5.97 Å². The quantitative estimate of drug-likeness (QED) is 0.168. The van der Waals surface area contributed by atoms with Crippen LogP contribution >= 0.6 is 27.3 Å². The summed E-state index contributed by atoms with van der Waals surface area (Å²) < 4.78 is 25.4. The fourth-order valence-electron chi connectivity index (χ4n) is 5.58. The number of hydrogen-bond acceptors (Lipinski definition) is 8. The van der Waals surface area contributed by atoms with Crippen LogP contribution in [-0.2, 0) is 16.1 Å². The Morgan fingerprint density at radius 2 is 1.78 bits per heavy atom. The maximum absolute atomic E-state index is 14.0. The van der Waals surface area contributed by atoms with Crippen LogP contribution in [0.5, 0.6) is 17.2 Å². The standard InChI is InChI=1S/C36H31BrN2O6S/c1-5-44-35(41)31-21(2)38-36-39(32(31)24-13-15-26(42-3)16-14-24)34(40)30(46-36)19-22-17-28(37)33(29(18-22)43-4)45-20-25-11-8-10-23-9-6-7-12-27(23)25/h6-19,32H,5,20H2,1-4H3/t32-/m0/s1. The molecule has 0 saturated heterocycles. The Hall–Kier alpha value is -4.67. The summed E-state index contributed by atoms with van der Waals surface area (Å²) in [5.74, 6) is 1.23. The van der Waals surface area contributed by atoms with Gasteiger partial charge in [-0.05, 0) is 87.6 Å². The summed E-state index contributed by atoms with van der Waals surface area (Å²) in [4.78, 5) is 32.4. The molecule has 1 aromatic heterocycles. The van der Waals surface area contributed by atoms with Crippen molar-refractivity contribution < 1.29 is 23.7 Å². The first-order valence-corrected chi connectivity index (χ1v) is 16.2. The van der Waals surface area contributed by atoms with Gasteiger partial charge in [-0.3, -0.25) is 9.36 Å². The van der Waals surface area contributed by atoms with E-state index >= 15 is 0 Å². The summed E-state index contributed by atoms with van der Waals surface area (Å²) in [6, 6.07) is 24.6. The van der Waals surface area contributed by atoms with E-state index < -0.39 is 12.0 Å². The number of halogens is 1. The zero-order chi connectivity index (χ0) is 32.4. The van der Waals surface area contributed by atoms with E-state index in [2.05, 4.69) is 39.1 Å². The first kappa shape index (κ1) is 31.3. The lowest BCUT2D eigenvalue weighted by molar-refractivity contribution is -0.139. The maximum atomic E-state index is 14.0. The molecule has 0 amide bonds. The van der Waals surface area contributed by atoms with Crippen molar-refractivity contribution in [3.8, 4) is 17.2 Å². The third-order valence-corrected chi connectivity index (χ3v) is 9.32. The van der Waals surface area contributed by atoms with Gasteiger partial charge < -0.3 is 18.9 Å². The molecule has 46 heavy (non-hydrogen) atoms. The molecule has 1 aliphatic rings. The lowest BCUT2D eigenvalue weighted by atomic mass is 9.96. The fraction of sp³-hybridized carbons (Fsp3) is 0.194. The maximum Gasteiger partial charge on any atom is 0.338 e. The summed E-state index contributed by atoms with van der Waals surface area (Å²) in [6.07, 6.45) is 1.79. The molecule has 0 spiro atoms. The number of esters is 1. The number of aromatic nitrogens is 1. The largest absolute Gasteiger partial charge is 0.497 e. The molecule has 8 nitrogen and oxygen atoms in total. The minimum absolute atomic E-state index is 0.202. The molecule has 1 aliphatic heterocycles. The highest BCUT2D eigenvalue weighted by Gasteiger charge is 2.33. The molecule has 1 atom stereocenters. The summed E-state index contributed by atoms with van der Waals surface area (Å²) >= 11 is 4.91. The number of rotatable bonds is 9. The number of ether oxygens (including phenoxy) is 4. The van der Waals surface area contributed by atoms with Crippen LogP contribution in [0, 0.1) is 0 Å². The number of benzene rings is 4. The molecule has 4 aromatic carbocycles. The second-order valence-electron chi connectivity index (χ2n) is 10.5. The average molecular weight is 700 g/mol. The van der Waals surface area contributed by atoms with Gasteiger partial charge in [-0.15, -0.1) is 0 Å². The Morgan fingerprint density at radius 3 is 2.52 bits per heavy atom. The van der Waals surface area contributed by atoms with Crippen molar-refractivity contribution in [2.75, 3.05) is 20.8 Å². The van der Waals surface area contributed by atoms with E-state index in [1.165, 1.54) is 11.3 Å². The van der Waals surface area contributed by atoms with Gasteiger partial charge in [-0.1, -0.05) is 65.9 Å². The average Bonchev–Trinajstić information content (AvgIpc) is 3.36. The highest BCUT2D eigenvalue weighted by Crippen LogP contribution is 2.38. The molecule has 10 heteroatoms. The fourth-order valence-corrected chi connectivity index (χ4v) is 7.20. The third kappa shape index (κ3) is 5.98. The normalized spacial score (nSPS) is 14.5. The van der Waals surface area contributed by atoms with E-state index in [0.29, 0.717) is 48.9 Å². The van der Waals surface area contributed by atoms with Crippen molar-refractivity contribution >= 4 is 50.1 Å². The highest BCUT2D eigenvalue weighted by atomic mass is 79.9. The van der Waals surface area contributed by atoms with Crippen LogP contribution in [0.2, 0.25) is 0 Å². The van der Waals surface area contributed by atoms with Crippen LogP contribution in [0.1, 0.15) is 36.6 Å². The Labute approximate surface area is 278 Å². The Balaban J connectivity index is 1.39. The summed E-state index contributed by atoms with van der Waals surface area (Å²) in [5.41, 5.74) is 3.08.